The summed E-state index contributed by atoms with van der Waals surface area (Å²) >= 11 is 0. The van der Waals surface area contributed by atoms with Gasteiger partial charge < -0.3 is 10.1 Å². The molecule has 0 spiro atoms. The number of carbonyl (C=O) groups is 1. The molecule has 1 aromatic carbocycles. The molecular weight excluding hydrogens is 328 g/mol. The van der Waals surface area contributed by atoms with E-state index in [1.54, 1.807) is 6.92 Å². The van der Waals surface area contributed by atoms with Gasteiger partial charge in [0.25, 0.3) is 15.0 Å². The minimum absolute atomic E-state index is 0.252. The van der Waals surface area contributed by atoms with E-state index in [9.17, 15) is 22.0 Å². The summed E-state index contributed by atoms with van der Waals surface area (Å²) in [6.45, 7) is 2.41. The Bertz CT molecular complexity index is 687. The molecule has 1 aliphatic rings. The van der Waals surface area contributed by atoms with Crippen molar-refractivity contribution in [3.8, 4) is 0 Å². The zero-order valence-electron chi connectivity index (χ0n) is 11.0. The highest BCUT2D eigenvalue weighted by Crippen LogP contribution is 2.24. The molecule has 1 unspecified atom stereocenters. The molecule has 1 heterocycles. The fourth-order valence-electron chi connectivity index (χ4n) is 2.00. The minimum atomic E-state index is -4.42. The average Bonchev–Trinajstić information content (AvgIpc) is 2.73. The van der Waals surface area contributed by atoms with Gasteiger partial charge in [0.2, 0.25) is 0 Å². The second-order valence-electron chi connectivity index (χ2n) is 5.02. The first-order valence-electron chi connectivity index (χ1n) is 5.96. The molecule has 0 bridgehead atoms. The lowest BCUT2D eigenvalue weighted by molar-refractivity contribution is 0.0885. The molecule has 0 saturated carbocycles. The maximum absolute atomic E-state index is 13.7. The Balaban J connectivity index is 2.37. The van der Waals surface area contributed by atoms with Gasteiger partial charge >= 0.3 is 0 Å². The molecule has 116 valence electrons. The molecule has 0 aromatic heterocycles. The summed E-state index contributed by atoms with van der Waals surface area (Å²) in [5, 5.41) is 2.55. The summed E-state index contributed by atoms with van der Waals surface area (Å²) in [6.07, 6.45) is 0.530. The van der Waals surface area contributed by atoms with Crippen LogP contribution in [0, 0.1) is 11.6 Å². The van der Waals surface area contributed by atoms with Gasteiger partial charge in [0, 0.05) is 23.4 Å². The van der Waals surface area contributed by atoms with Crippen molar-refractivity contribution < 1.29 is 26.7 Å². The number of benzene rings is 1. The molecule has 1 N–H and O–H groups in total. The number of amides is 1. The van der Waals surface area contributed by atoms with Crippen LogP contribution < -0.4 is 5.32 Å². The number of hydrogen-bond donors (Lipinski definition) is 1. The van der Waals surface area contributed by atoms with Crippen molar-refractivity contribution in [2.75, 3.05) is 13.2 Å². The van der Waals surface area contributed by atoms with Crippen molar-refractivity contribution in [2.24, 2.45) is 0 Å². The van der Waals surface area contributed by atoms with E-state index < -0.39 is 42.6 Å². The molecule has 1 aliphatic heterocycles. The smallest absolute Gasteiger partial charge is 0.264 e. The Morgan fingerprint density at radius 1 is 1.38 bits per heavy atom. The summed E-state index contributed by atoms with van der Waals surface area (Å²) in [5.74, 6) is -3.38. The van der Waals surface area contributed by atoms with Crippen molar-refractivity contribution in [2.45, 2.75) is 23.8 Å². The van der Waals surface area contributed by atoms with E-state index in [4.69, 9.17) is 15.4 Å². The number of rotatable bonds is 3. The largest absolute Gasteiger partial charge is 0.379 e. The second-order valence-corrected chi connectivity index (χ2v) is 7.55. The first kappa shape index (κ1) is 16.1. The van der Waals surface area contributed by atoms with E-state index in [1.165, 1.54) is 0 Å². The molecule has 2 rings (SSSR count). The second kappa shape index (κ2) is 5.51. The molecule has 1 amide bonds. The van der Waals surface area contributed by atoms with Crippen LogP contribution in [0.15, 0.2) is 17.0 Å². The monoisotopic (exact) mass is 339 g/mol. The molecule has 0 radical (unpaired) electrons. The van der Waals surface area contributed by atoms with Gasteiger partial charge in [0.05, 0.1) is 17.7 Å². The Morgan fingerprint density at radius 3 is 2.57 bits per heavy atom. The summed E-state index contributed by atoms with van der Waals surface area (Å²) in [5.41, 5.74) is -1.28. The number of ether oxygens (including phenoxy) is 1. The van der Waals surface area contributed by atoms with E-state index in [1.807, 2.05) is 0 Å². The van der Waals surface area contributed by atoms with Gasteiger partial charge in [-0.3, -0.25) is 4.79 Å². The van der Waals surface area contributed by atoms with Crippen LogP contribution in [0.25, 0.3) is 0 Å². The Labute approximate surface area is 124 Å². The van der Waals surface area contributed by atoms with Crippen LogP contribution >= 0.6 is 10.7 Å². The topological polar surface area (TPSA) is 72.5 Å². The van der Waals surface area contributed by atoms with E-state index in [0.29, 0.717) is 25.2 Å². The Morgan fingerprint density at radius 2 is 2.05 bits per heavy atom. The van der Waals surface area contributed by atoms with Crippen LogP contribution in [0.2, 0.25) is 0 Å². The molecule has 1 aromatic rings. The summed E-state index contributed by atoms with van der Waals surface area (Å²) in [4.78, 5) is 11.1. The summed E-state index contributed by atoms with van der Waals surface area (Å²) in [7, 11) is 0.626. The van der Waals surface area contributed by atoms with Gasteiger partial charge in [-0.1, -0.05) is 0 Å². The highest BCUT2D eigenvalue weighted by atomic mass is 35.7. The number of halogens is 3. The fourth-order valence-corrected chi connectivity index (χ4v) is 2.90. The van der Waals surface area contributed by atoms with E-state index >= 15 is 0 Å². The molecule has 0 aliphatic carbocycles. The highest BCUT2D eigenvalue weighted by molar-refractivity contribution is 8.13. The van der Waals surface area contributed by atoms with Crippen LogP contribution in [0.5, 0.6) is 0 Å². The van der Waals surface area contributed by atoms with Gasteiger partial charge in [-0.15, -0.1) is 0 Å². The standard InChI is InChI=1S/C12H12ClF2NO4S/c1-12(2-3-20-6-12)16-11(17)7-4-10(21(13,18)19)9(15)5-8(7)14/h4-5H,2-3,6H2,1H3,(H,16,17). The maximum Gasteiger partial charge on any atom is 0.264 e. The molecular formula is C12H12ClF2NO4S. The third-order valence-electron chi connectivity index (χ3n) is 3.16. The van der Waals surface area contributed by atoms with E-state index in [0.717, 1.165) is 0 Å². The van der Waals surface area contributed by atoms with E-state index in [2.05, 4.69) is 5.32 Å². The van der Waals surface area contributed by atoms with Gasteiger partial charge in [0.1, 0.15) is 16.5 Å². The van der Waals surface area contributed by atoms with Crippen molar-refractivity contribution in [1.82, 2.24) is 5.32 Å². The molecule has 5 nitrogen and oxygen atoms in total. The van der Waals surface area contributed by atoms with Gasteiger partial charge in [-0.25, -0.2) is 17.2 Å². The quantitative estimate of drug-likeness (QED) is 0.852. The van der Waals surface area contributed by atoms with Crippen LogP contribution in [-0.2, 0) is 13.8 Å². The normalized spacial score (nSPS) is 22.3. The lowest BCUT2D eigenvalue weighted by Gasteiger charge is -2.23. The predicted molar refractivity (Wildman–Crippen MR) is 70.7 cm³/mol. The molecule has 1 fully saturated rings. The van der Waals surface area contributed by atoms with Crippen LogP contribution in [0.4, 0.5) is 8.78 Å². The summed E-state index contributed by atoms with van der Waals surface area (Å²) in [6, 6.07) is 0.902. The van der Waals surface area contributed by atoms with Crippen molar-refractivity contribution >= 4 is 25.6 Å². The Hall–Kier alpha value is -1.25. The van der Waals surface area contributed by atoms with E-state index in [-0.39, 0.29) is 6.61 Å². The minimum Gasteiger partial charge on any atom is -0.379 e. The molecule has 21 heavy (non-hydrogen) atoms. The lowest BCUT2D eigenvalue weighted by atomic mass is 10.0. The molecule has 1 atom stereocenters. The van der Waals surface area contributed by atoms with Gasteiger partial charge in [-0.05, 0) is 19.4 Å². The zero-order valence-corrected chi connectivity index (χ0v) is 12.5. The van der Waals surface area contributed by atoms with Gasteiger partial charge in [0.15, 0.2) is 0 Å². The number of hydrogen-bond acceptors (Lipinski definition) is 4. The summed E-state index contributed by atoms with van der Waals surface area (Å²) < 4.78 is 54.6. The maximum atomic E-state index is 13.7. The third-order valence-corrected chi connectivity index (χ3v) is 4.50. The third kappa shape index (κ3) is 3.50. The lowest BCUT2D eigenvalue weighted by Crippen LogP contribution is -2.46. The number of nitrogens with one attached hydrogen (secondary N) is 1. The predicted octanol–water partition coefficient (Wildman–Crippen LogP) is 1.80. The molecule has 9 heteroatoms. The molecule has 1 saturated heterocycles. The van der Waals surface area contributed by atoms with Crippen LogP contribution in [-0.4, -0.2) is 33.1 Å². The van der Waals surface area contributed by atoms with Crippen molar-refractivity contribution in [1.29, 1.82) is 0 Å². The van der Waals surface area contributed by atoms with Crippen LogP contribution in [0.3, 0.4) is 0 Å². The first-order chi connectivity index (χ1) is 9.62. The van der Waals surface area contributed by atoms with Crippen molar-refractivity contribution in [3.05, 3.63) is 29.3 Å². The van der Waals surface area contributed by atoms with Crippen molar-refractivity contribution in [3.63, 3.8) is 0 Å². The fraction of sp³-hybridized carbons (Fsp3) is 0.417. The highest BCUT2D eigenvalue weighted by Gasteiger charge is 2.33. The Kier molecular flexibility index (Phi) is 4.23. The number of carbonyl (C=O) groups excluding carboxylic acids is 1. The average molecular weight is 340 g/mol. The SMILES string of the molecule is CC1(NC(=O)c2cc(S(=O)(=O)Cl)c(F)cc2F)CCOC1. The van der Waals surface area contributed by atoms with Gasteiger partial charge in [-0.2, -0.15) is 0 Å². The van der Waals surface area contributed by atoms with Crippen LogP contribution in [0.1, 0.15) is 23.7 Å². The first-order valence-corrected chi connectivity index (χ1v) is 8.27. The zero-order chi connectivity index (χ0) is 15.8.